The molecule has 0 bridgehead atoms. The number of nitrogens with zero attached hydrogens (tertiary/aromatic N) is 1. The number of likely N-dealkylation sites (N-methyl/N-ethyl adjacent to an activating group) is 1. The minimum Gasteiger partial charge on any atom is -0.462 e. The summed E-state index contributed by atoms with van der Waals surface area (Å²) in [5.74, 6) is 1.45. The average molecular weight is 274 g/mol. The van der Waals surface area contributed by atoms with Gasteiger partial charge in [-0.3, -0.25) is 0 Å². The van der Waals surface area contributed by atoms with E-state index in [1.165, 1.54) is 5.56 Å². The van der Waals surface area contributed by atoms with Gasteiger partial charge in [-0.2, -0.15) is 0 Å². The summed E-state index contributed by atoms with van der Waals surface area (Å²) in [5, 5.41) is 12.4. The molecule has 0 spiro atoms. The minimum atomic E-state index is -0.0513. The van der Waals surface area contributed by atoms with Crippen LogP contribution in [0.4, 0.5) is 0 Å². The van der Waals surface area contributed by atoms with Crippen molar-refractivity contribution in [3.63, 3.8) is 0 Å². The SMILES string of the molecule is CN(C)C(CNCc1ccc(CO)o1)c1ccccc1. The molecule has 4 nitrogen and oxygen atoms in total. The molecule has 0 aliphatic carbocycles. The molecular weight excluding hydrogens is 252 g/mol. The van der Waals surface area contributed by atoms with Crippen LogP contribution >= 0.6 is 0 Å². The smallest absolute Gasteiger partial charge is 0.129 e. The first-order valence-electron chi connectivity index (χ1n) is 6.81. The summed E-state index contributed by atoms with van der Waals surface area (Å²) in [6, 6.07) is 14.5. The second kappa shape index (κ2) is 7.24. The second-order valence-corrected chi connectivity index (χ2v) is 5.05. The maximum atomic E-state index is 8.97. The fourth-order valence-corrected chi connectivity index (χ4v) is 2.21. The summed E-state index contributed by atoms with van der Waals surface area (Å²) in [6.45, 7) is 1.45. The largest absolute Gasteiger partial charge is 0.462 e. The van der Waals surface area contributed by atoms with E-state index in [-0.39, 0.29) is 6.61 Å². The van der Waals surface area contributed by atoms with Crippen LogP contribution in [0.15, 0.2) is 46.9 Å². The molecule has 0 radical (unpaired) electrons. The van der Waals surface area contributed by atoms with Gasteiger partial charge in [-0.25, -0.2) is 0 Å². The van der Waals surface area contributed by atoms with Crippen molar-refractivity contribution in [3.05, 3.63) is 59.5 Å². The molecule has 1 aromatic carbocycles. The number of furan rings is 1. The van der Waals surface area contributed by atoms with Gasteiger partial charge in [-0.15, -0.1) is 0 Å². The maximum Gasteiger partial charge on any atom is 0.129 e. The lowest BCUT2D eigenvalue weighted by molar-refractivity contribution is 0.241. The third-order valence-corrected chi connectivity index (χ3v) is 3.32. The Morgan fingerprint density at radius 2 is 1.80 bits per heavy atom. The molecule has 0 fully saturated rings. The number of hydrogen-bond acceptors (Lipinski definition) is 4. The molecule has 1 unspecified atom stereocenters. The normalized spacial score (nSPS) is 12.8. The number of aliphatic hydroxyl groups excluding tert-OH is 1. The van der Waals surface area contributed by atoms with Crippen molar-refractivity contribution in [3.8, 4) is 0 Å². The summed E-state index contributed by atoms with van der Waals surface area (Å²) < 4.78 is 5.45. The zero-order chi connectivity index (χ0) is 14.4. The average Bonchev–Trinajstić information content (AvgIpc) is 2.92. The molecule has 20 heavy (non-hydrogen) atoms. The first kappa shape index (κ1) is 14.8. The summed E-state index contributed by atoms with van der Waals surface area (Å²) in [4.78, 5) is 2.20. The maximum absolute atomic E-state index is 8.97. The molecule has 0 amide bonds. The predicted octanol–water partition coefficient (Wildman–Crippen LogP) is 2.16. The highest BCUT2D eigenvalue weighted by molar-refractivity contribution is 5.19. The number of rotatable bonds is 7. The molecule has 2 N–H and O–H groups in total. The fraction of sp³-hybridized carbons (Fsp3) is 0.375. The highest BCUT2D eigenvalue weighted by Crippen LogP contribution is 2.17. The van der Waals surface area contributed by atoms with E-state index in [4.69, 9.17) is 9.52 Å². The Labute approximate surface area is 120 Å². The molecule has 2 rings (SSSR count). The molecule has 0 aliphatic heterocycles. The molecule has 0 saturated heterocycles. The van der Waals surface area contributed by atoms with E-state index < -0.39 is 0 Å². The van der Waals surface area contributed by atoms with E-state index in [1.807, 2.05) is 12.1 Å². The summed E-state index contributed by atoms with van der Waals surface area (Å²) >= 11 is 0. The molecular formula is C16H22N2O2. The van der Waals surface area contributed by atoms with Gasteiger partial charge in [0.2, 0.25) is 0 Å². The van der Waals surface area contributed by atoms with E-state index in [9.17, 15) is 0 Å². The standard InChI is InChI=1S/C16H22N2O2/c1-18(2)16(13-6-4-3-5-7-13)11-17-10-14-8-9-15(12-19)20-14/h3-9,16-17,19H,10-12H2,1-2H3. The van der Waals surface area contributed by atoms with E-state index in [1.54, 1.807) is 6.07 Å². The first-order valence-corrected chi connectivity index (χ1v) is 6.81. The van der Waals surface area contributed by atoms with Gasteiger partial charge < -0.3 is 19.7 Å². The van der Waals surface area contributed by atoms with Gasteiger partial charge in [0.25, 0.3) is 0 Å². The highest BCUT2D eigenvalue weighted by atomic mass is 16.4. The van der Waals surface area contributed by atoms with Crippen molar-refractivity contribution in [1.29, 1.82) is 0 Å². The van der Waals surface area contributed by atoms with Crippen molar-refractivity contribution >= 4 is 0 Å². The Bertz CT molecular complexity index is 508. The number of hydrogen-bond donors (Lipinski definition) is 2. The van der Waals surface area contributed by atoms with Gasteiger partial charge in [0.15, 0.2) is 0 Å². The number of nitrogens with one attached hydrogen (secondary N) is 1. The highest BCUT2D eigenvalue weighted by Gasteiger charge is 2.13. The molecule has 1 heterocycles. The van der Waals surface area contributed by atoms with E-state index in [0.29, 0.717) is 18.3 Å². The zero-order valence-electron chi connectivity index (χ0n) is 12.0. The Balaban J connectivity index is 1.90. The van der Waals surface area contributed by atoms with Crippen molar-refractivity contribution in [2.45, 2.75) is 19.2 Å². The van der Waals surface area contributed by atoms with Crippen LogP contribution in [-0.4, -0.2) is 30.6 Å². The predicted molar refractivity (Wildman–Crippen MR) is 79.2 cm³/mol. The molecule has 108 valence electrons. The third-order valence-electron chi connectivity index (χ3n) is 3.32. The lowest BCUT2D eigenvalue weighted by Crippen LogP contribution is -2.30. The van der Waals surface area contributed by atoms with Crippen molar-refractivity contribution in [1.82, 2.24) is 10.2 Å². The van der Waals surface area contributed by atoms with Crippen LogP contribution in [0, 0.1) is 0 Å². The van der Waals surface area contributed by atoms with E-state index in [0.717, 1.165) is 12.3 Å². The molecule has 2 aromatic rings. The second-order valence-electron chi connectivity index (χ2n) is 5.05. The Kier molecular flexibility index (Phi) is 5.35. The Hall–Kier alpha value is -1.62. The van der Waals surface area contributed by atoms with Gasteiger partial charge in [0, 0.05) is 12.6 Å². The number of aliphatic hydroxyl groups is 1. The van der Waals surface area contributed by atoms with Crippen LogP contribution in [0.3, 0.4) is 0 Å². The summed E-state index contributed by atoms with van der Waals surface area (Å²) in [6.07, 6.45) is 0. The lowest BCUT2D eigenvalue weighted by Gasteiger charge is -2.25. The summed E-state index contributed by atoms with van der Waals surface area (Å²) in [5.41, 5.74) is 1.29. The lowest BCUT2D eigenvalue weighted by atomic mass is 10.1. The first-order chi connectivity index (χ1) is 9.70. The monoisotopic (exact) mass is 274 g/mol. The zero-order valence-corrected chi connectivity index (χ0v) is 12.0. The minimum absolute atomic E-state index is 0.0513. The number of benzene rings is 1. The van der Waals surface area contributed by atoms with Crippen LogP contribution in [0.25, 0.3) is 0 Å². The fourth-order valence-electron chi connectivity index (χ4n) is 2.21. The van der Waals surface area contributed by atoms with Crippen LogP contribution in [0.1, 0.15) is 23.1 Å². The molecule has 4 heteroatoms. The van der Waals surface area contributed by atoms with Crippen molar-refractivity contribution in [2.75, 3.05) is 20.6 Å². The molecule has 1 atom stereocenters. The molecule has 1 aromatic heterocycles. The third kappa shape index (κ3) is 3.93. The molecule has 0 aliphatic rings. The molecule has 0 saturated carbocycles. The van der Waals surface area contributed by atoms with Gasteiger partial charge in [-0.1, -0.05) is 30.3 Å². The van der Waals surface area contributed by atoms with Gasteiger partial charge in [0.1, 0.15) is 18.1 Å². The van der Waals surface area contributed by atoms with Crippen LogP contribution in [0.5, 0.6) is 0 Å². The van der Waals surface area contributed by atoms with E-state index in [2.05, 4.69) is 48.6 Å². The van der Waals surface area contributed by atoms with Crippen LogP contribution in [0.2, 0.25) is 0 Å². The summed E-state index contributed by atoms with van der Waals surface area (Å²) in [7, 11) is 4.16. The Morgan fingerprint density at radius 3 is 2.40 bits per heavy atom. The quantitative estimate of drug-likeness (QED) is 0.812. The van der Waals surface area contributed by atoms with Gasteiger partial charge in [0.05, 0.1) is 6.54 Å². The van der Waals surface area contributed by atoms with Crippen molar-refractivity contribution in [2.24, 2.45) is 0 Å². The van der Waals surface area contributed by atoms with Crippen LogP contribution in [-0.2, 0) is 13.2 Å². The topological polar surface area (TPSA) is 48.6 Å². The van der Waals surface area contributed by atoms with E-state index >= 15 is 0 Å². The van der Waals surface area contributed by atoms with Gasteiger partial charge in [-0.05, 0) is 31.8 Å². The van der Waals surface area contributed by atoms with Crippen molar-refractivity contribution < 1.29 is 9.52 Å². The van der Waals surface area contributed by atoms with Gasteiger partial charge >= 0.3 is 0 Å². The Morgan fingerprint density at radius 1 is 1.10 bits per heavy atom. The van der Waals surface area contributed by atoms with Crippen LogP contribution < -0.4 is 5.32 Å².